The van der Waals surface area contributed by atoms with Gasteiger partial charge in [0, 0.05) is 18.1 Å². The molecule has 2 aromatic heterocycles. The van der Waals surface area contributed by atoms with Crippen LogP contribution in [0, 0.1) is 0 Å². The SMILES string of the molecule is COc1ccccc1Oc1c(N)nc(-c2ncccn2)nc1OCCNC(=O)Nc1ccccc1. The van der Waals surface area contributed by atoms with Crippen LogP contribution in [-0.4, -0.2) is 46.2 Å². The van der Waals surface area contributed by atoms with Crippen LogP contribution in [0.4, 0.5) is 16.3 Å². The second kappa shape index (κ2) is 11.3. The van der Waals surface area contributed by atoms with Crippen molar-refractivity contribution < 1.29 is 19.0 Å². The summed E-state index contributed by atoms with van der Waals surface area (Å²) in [5.41, 5.74) is 6.88. The molecule has 0 atom stereocenters. The number of carbonyl (C=O) groups is 1. The summed E-state index contributed by atoms with van der Waals surface area (Å²) in [6.07, 6.45) is 3.13. The third-order valence-corrected chi connectivity index (χ3v) is 4.57. The molecule has 2 aromatic carbocycles. The smallest absolute Gasteiger partial charge is 0.319 e. The van der Waals surface area contributed by atoms with Gasteiger partial charge in [-0.25, -0.2) is 19.7 Å². The summed E-state index contributed by atoms with van der Waals surface area (Å²) < 4.78 is 17.1. The molecule has 0 fully saturated rings. The van der Waals surface area contributed by atoms with Gasteiger partial charge in [0.2, 0.25) is 11.6 Å². The minimum Gasteiger partial charge on any atom is -0.493 e. The zero-order chi connectivity index (χ0) is 24.5. The highest BCUT2D eigenvalue weighted by Crippen LogP contribution is 2.39. The molecule has 0 saturated carbocycles. The second-order valence-corrected chi connectivity index (χ2v) is 6.99. The number of nitrogen functional groups attached to an aromatic ring is 1. The Bertz CT molecular complexity index is 1270. The van der Waals surface area contributed by atoms with Gasteiger partial charge < -0.3 is 30.6 Å². The van der Waals surface area contributed by atoms with Crippen LogP contribution in [0.15, 0.2) is 73.1 Å². The Morgan fingerprint density at radius 3 is 2.37 bits per heavy atom. The minimum absolute atomic E-state index is 0.0261. The van der Waals surface area contributed by atoms with E-state index in [2.05, 4.69) is 30.6 Å². The number of nitrogens with one attached hydrogen (secondary N) is 2. The van der Waals surface area contributed by atoms with Crippen molar-refractivity contribution in [3.8, 4) is 34.8 Å². The summed E-state index contributed by atoms with van der Waals surface area (Å²) in [5, 5.41) is 5.45. The van der Waals surface area contributed by atoms with Crippen LogP contribution in [-0.2, 0) is 0 Å². The topological polar surface area (TPSA) is 146 Å². The number of ether oxygens (including phenoxy) is 3. The molecule has 4 aromatic rings. The Hall–Kier alpha value is -4.93. The fraction of sp³-hybridized carbons (Fsp3) is 0.125. The lowest BCUT2D eigenvalue weighted by atomic mass is 10.3. The van der Waals surface area contributed by atoms with E-state index in [-0.39, 0.29) is 48.3 Å². The molecule has 35 heavy (non-hydrogen) atoms. The number of rotatable bonds is 9. The molecule has 4 N–H and O–H groups in total. The van der Waals surface area contributed by atoms with Crippen LogP contribution in [0.2, 0.25) is 0 Å². The average Bonchev–Trinajstić information content (AvgIpc) is 2.89. The molecule has 0 aliphatic carbocycles. The van der Waals surface area contributed by atoms with Crippen molar-refractivity contribution in [3.63, 3.8) is 0 Å². The maximum absolute atomic E-state index is 12.1. The Kier molecular flexibility index (Phi) is 7.49. The summed E-state index contributed by atoms with van der Waals surface area (Å²) >= 11 is 0. The maximum Gasteiger partial charge on any atom is 0.319 e. The monoisotopic (exact) mass is 473 g/mol. The number of urea groups is 1. The van der Waals surface area contributed by atoms with Gasteiger partial charge in [-0.05, 0) is 30.3 Å². The van der Waals surface area contributed by atoms with Crippen molar-refractivity contribution in [1.82, 2.24) is 25.3 Å². The lowest BCUT2D eigenvalue weighted by Crippen LogP contribution is -2.32. The summed E-state index contributed by atoms with van der Waals surface area (Å²) in [5.74, 6) is 1.53. The number of nitrogens with two attached hydrogens (primary N) is 1. The van der Waals surface area contributed by atoms with E-state index in [0.717, 1.165) is 0 Å². The molecule has 2 heterocycles. The first kappa shape index (κ1) is 23.2. The average molecular weight is 473 g/mol. The number of para-hydroxylation sites is 3. The number of amides is 2. The zero-order valence-electron chi connectivity index (χ0n) is 18.8. The molecule has 11 nitrogen and oxygen atoms in total. The van der Waals surface area contributed by atoms with Crippen LogP contribution in [0.5, 0.6) is 23.1 Å². The molecule has 11 heteroatoms. The van der Waals surface area contributed by atoms with Gasteiger partial charge in [-0.2, -0.15) is 4.98 Å². The van der Waals surface area contributed by atoms with Crippen molar-refractivity contribution in [3.05, 3.63) is 73.1 Å². The number of hydrogen-bond acceptors (Lipinski definition) is 9. The summed E-state index contributed by atoms with van der Waals surface area (Å²) in [7, 11) is 1.53. The summed E-state index contributed by atoms with van der Waals surface area (Å²) in [4.78, 5) is 29.1. The van der Waals surface area contributed by atoms with E-state index in [1.165, 1.54) is 7.11 Å². The Balaban J connectivity index is 1.51. The highest BCUT2D eigenvalue weighted by Gasteiger charge is 2.20. The largest absolute Gasteiger partial charge is 0.493 e. The number of methoxy groups -OCH3 is 1. The van der Waals surface area contributed by atoms with Crippen LogP contribution in [0.1, 0.15) is 0 Å². The Morgan fingerprint density at radius 2 is 1.63 bits per heavy atom. The molecule has 0 unspecified atom stereocenters. The number of benzene rings is 2. The van der Waals surface area contributed by atoms with Crippen LogP contribution >= 0.6 is 0 Å². The van der Waals surface area contributed by atoms with Gasteiger partial charge in [0.25, 0.3) is 5.88 Å². The molecule has 0 saturated heterocycles. The lowest BCUT2D eigenvalue weighted by Gasteiger charge is -2.16. The first-order valence-corrected chi connectivity index (χ1v) is 10.6. The number of aromatic nitrogens is 4. The summed E-state index contributed by atoms with van der Waals surface area (Å²) in [6, 6.07) is 17.5. The highest BCUT2D eigenvalue weighted by molar-refractivity contribution is 5.89. The van der Waals surface area contributed by atoms with E-state index in [0.29, 0.717) is 17.2 Å². The highest BCUT2D eigenvalue weighted by atomic mass is 16.5. The third-order valence-electron chi connectivity index (χ3n) is 4.57. The van der Waals surface area contributed by atoms with Gasteiger partial charge in [0.05, 0.1) is 13.7 Å². The number of carbonyl (C=O) groups excluding carboxylic acids is 1. The quantitative estimate of drug-likeness (QED) is 0.311. The van der Waals surface area contributed by atoms with E-state index in [1.807, 2.05) is 24.3 Å². The third kappa shape index (κ3) is 6.11. The maximum atomic E-state index is 12.1. The first-order valence-electron chi connectivity index (χ1n) is 10.6. The summed E-state index contributed by atoms with van der Waals surface area (Å²) in [6.45, 7) is 0.268. The fourth-order valence-electron chi connectivity index (χ4n) is 2.98. The lowest BCUT2D eigenvalue weighted by molar-refractivity contribution is 0.245. The van der Waals surface area contributed by atoms with Crippen LogP contribution in [0.3, 0.4) is 0 Å². The first-order chi connectivity index (χ1) is 17.1. The van der Waals surface area contributed by atoms with E-state index < -0.39 is 0 Å². The predicted molar refractivity (Wildman–Crippen MR) is 129 cm³/mol. The molecular formula is C24H23N7O4. The minimum atomic E-state index is -0.370. The Labute approximate surface area is 201 Å². The number of anilines is 2. The van der Waals surface area contributed by atoms with Crippen molar-refractivity contribution in [2.75, 3.05) is 31.3 Å². The van der Waals surface area contributed by atoms with E-state index in [4.69, 9.17) is 19.9 Å². The van der Waals surface area contributed by atoms with Gasteiger partial charge in [-0.3, -0.25) is 0 Å². The molecular weight excluding hydrogens is 450 g/mol. The molecule has 178 valence electrons. The van der Waals surface area contributed by atoms with Gasteiger partial charge in [0.15, 0.2) is 23.1 Å². The predicted octanol–water partition coefficient (Wildman–Crippen LogP) is 3.52. The zero-order valence-corrected chi connectivity index (χ0v) is 18.8. The van der Waals surface area contributed by atoms with Gasteiger partial charge >= 0.3 is 6.03 Å². The van der Waals surface area contributed by atoms with E-state index in [1.54, 1.807) is 48.8 Å². The van der Waals surface area contributed by atoms with Crippen LogP contribution < -0.4 is 30.6 Å². The number of nitrogens with zero attached hydrogens (tertiary/aromatic N) is 4. The van der Waals surface area contributed by atoms with Crippen molar-refractivity contribution in [2.45, 2.75) is 0 Å². The normalized spacial score (nSPS) is 10.3. The van der Waals surface area contributed by atoms with Gasteiger partial charge in [0.1, 0.15) is 6.61 Å². The Morgan fingerprint density at radius 1 is 0.914 bits per heavy atom. The van der Waals surface area contributed by atoms with E-state index >= 15 is 0 Å². The molecule has 0 bridgehead atoms. The molecule has 0 aliphatic rings. The molecule has 0 aliphatic heterocycles. The molecule has 0 spiro atoms. The number of hydrogen-bond donors (Lipinski definition) is 3. The molecule has 2 amide bonds. The van der Waals surface area contributed by atoms with Crippen molar-refractivity contribution in [2.24, 2.45) is 0 Å². The van der Waals surface area contributed by atoms with Crippen molar-refractivity contribution in [1.29, 1.82) is 0 Å². The fourth-order valence-corrected chi connectivity index (χ4v) is 2.98. The molecule has 4 rings (SSSR count). The van der Waals surface area contributed by atoms with Crippen molar-refractivity contribution >= 4 is 17.5 Å². The van der Waals surface area contributed by atoms with Gasteiger partial charge in [-0.1, -0.05) is 30.3 Å². The van der Waals surface area contributed by atoms with Crippen LogP contribution in [0.25, 0.3) is 11.6 Å². The van der Waals surface area contributed by atoms with Gasteiger partial charge in [-0.15, -0.1) is 0 Å². The standard InChI is InChI=1S/C24H23N7O4/c1-33-17-10-5-6-11-18(17)35-19-20(25)30-22(21-26-12-7-13-27-21)31-23(19)34-15-14-28-24(32)29-16-8-3-2-4-9-16/h2-13H,14-15H2,1H3,(H2,25,30,31)(H2,28,29,32). The van der Waals surface area contributed by atoms with E-state index in [9.17, 15) is 4.79 Å². The molecule has 0 radical (unpaired) electrons. The second-order valence-electron chi connectivity index (χ2n) is 6.99.